The molecule has 1 heterocycles. The molecule has 4 N–H and O–H groups in total. The molecule has 7 heteroatoms. The first-order valence-electron chi connectivity index (χ1n) is 8.24. The summed E-state index contributed by atoms with van der Waals surface area (Å²) >= 11 is 1.35. The van der Waals surface area contributed by atoms with Crippen LogP contribution >= 0.6 is 11.8 Å². The Morgan fingerprint density at radius 1 is 1.07 bits per heavy atom. The normalized spacial score (nSPS) is 11.4. The number of rotatable bonds is 5. The molecule has 0 radical (unpaired) electrons. The average Bonchev–Trinajstić information content (AvgIpc) is 2.62. The molecule has 1 aromatic heterocycles. The molecule has 0 aliphatic carbocycles. The molecule has 3 rings (SSSR count). The molecule has 0 spiro atoms. The number of nitrogen functional groups attached to an aromatic ring is 1. The van der Waals surface area contributed by atoms with Gasteiger partial charge in [-0.05, 0) is 43.2 Å². The molecule has 27 heavy (non-hydrogen) atoms. The van der Waals surface area contributed by atoms with Gasteiger partial charge in [0.15, 0.2) is 0 Å². The quantitative estimate of drug-likeness (QED) is 0.653. The molecule has 0 atom stereocenters. The maximum atomic E-state index is 14.7. The molecule has 3 aromatic rings. The van der Waals surface area contributed by atoms with Crippen LogP contribution in [0.2, 0.25) is 0 Å². The molecular formula is C20H19FN4OS. The van der Waals surface area contributed by atoms with E-state index in [2.05, 4.69) is 9.97 Å². The van der Waals surface area contributed by atoms with Crippen LogP contribution in [0.15, 0.2) is 59.8 Å². The van der Waals surface area contributed by atoms with Gasteiger partial charge >= 0.3 is 0 Å². The summed E-state index contributed by atoms with van der Waals surface area (Å²) in [4.78, 5) is 20.6. The van der Waals surface area contributed by atoms with Crippen LogP contribution < -0.4 is 11.5 Å². The van der Waals surface area contributed by atoms with Crippen LogP contribution in [0, 0.1) is 5.82 Å². The summed E-state index contributed by atoms with van der Waals surface area (Å²) < 4.78 is 14.0. The number of amides is 1. The lowest BCUT2D eigenvalue weighted by Crippen LogP contribution is -2.34. The standard InChI is InChI=1S/C20H19FN4OS/c1-20(2,19(23)26)27-17-6-4-3-5-13(17)12-7-8-14(15(21)9-12)16-10-25-18(22)11-24-16/h3-11H,1-2H3,(H2,22,25)(H2,23,26). The van der Waals surface area contributed by atoms with E-state index < -0.39 is 16.5 Å². The third kappa shape index (κ3) is 4.09. The number of carbonyl (C=O) groups excluding carboxylic acids is 1. The highest BCUT2D eigenvalue weighted by atomic mass is 32.2. The zero-order valence-electron chi connectivity index (χ0n) is 14.9. The number of hydrogen-bond acceptors (Lipinski definition) is 5. The van der Waals surface area contributed by atoms with Crippen molar-refractivity contribution in [1.29, 1.82) is 0 Å². The fourth-order valence-electron chi connectivity index (χ4n) is 2.49. The fourth-order valence-corrected chi connectivity index (χ4v) is 3.58. The number of carbonyl (C=O) groups is 1. The molecule has 0 aliphatic rings. The van der Waals surface area contributed by atoms with Gasteiger partial charge in [0, 0.05) is 10.5 Å². The highest BCUT2D eigenvalue weighted by Crippen LogP contribution is 2.39. The van der Waals surface area contributed by atoms with E-state index in [0.29, 0.717) is 16.8 Å². The number of hydrogen-bond donors (Lipinski definition) is 2. The van der Waals surface area contributed by atoms with E-state index in [0.717, 1.165) is 10.5 Å². The molecule has 1 amide bonds. The predicted molar refractivity (Wildman–Crippen MR) is 106 cm³/mol. The SMILES string of the molecule is CC(C)(Sc1ccccc1-c1ccc(-c2cnc(N)cn2)c(F)c1)C(N)=O. The van der Waals surface area contributed by atoms with E-state index in [4.69, 9.17) is 11.5 Å². The summed E-state index contributed by atoms with van der Waals surface area (Å²) in [6, 6.07) is 12.4. The van der Waals surface area contributed by atoms with Gasteiger partial charge in [-0.25, -0.2) is 9.37 Å². The van der Waals surface area contributed by atoms with Gasteiger partial charge in [0.1, 0.15) is 11.6 Å². The lowest BCUT2D eigenvalue weighted by Gasteiger charge is -2.21. The highest BCUT2D eigenvalue weighted by Gasteiger charge is 2.27. The van der Waals surface area contributed by atoms with Gasteiger partial charge in [-0.15, -0.1) is 11.8 Å². The number of nitrogens with zero attached hydrogens (tertiary/aromatic N) is 2. The van der Waals surface area contributed by atoms with Crippen molar-refractivity contribution in [2.45, 2.75) is 23.5 Å². The Morgan fingerprint density at radius 2 is 1.81 bits per heavy atom. The molecule has 0 fully saturated rings. The first-order chi connectivity index (χ1) is 12.8. The number of halogens is 1. The van der Waals surface area contributed by atoms with Crippen LogP contribution in [0.5, 0.6) is 0 Å². The number of nitrogens with two attached hydrogens (primary N) is 2. The second kappa shape index (κ2) is 7.36. The monoisotopic (exact) mass is 382 g/mol. The van der Waals surface area contributed by atoms with Crippen LogP contribution in [0.3, 0.4) is 0 Å². The third-order valence-corrected chi connectivity index (χ3v) is 5.36. The van der Waals surface area contributed by atoms with E-state index in [1.165, 1.54) is 30.2 Å². The van der Waals surface area contributed by atoms with E-state index in [9.17, 15) is 9.18 Å². The molecule has 138 valence electrons. The van der Waals surface area contributed by atoms with Crippen molar-refractivity contribution in [1.82, 2.24) is 9.97 Å². The summed E-state index contributed by atoms with van der Waals surface area (Å²) in [7, 11) is 0. The lowest BCUT2D eigenvalue weighted by molar-refractivity contribution is -0.119. The zero-order chi connectivity index (χ0) is 19.6. The Hall–Kier alpha value is -2.93. The van der Waals surface area contributed by atoms with Crippen molar-refractivity contribution in [3.8, 4) is 22.4 Å². The van der Waals surface area contributed by atoms with Crippen molar-refractivity contribution in [2.75, 3.05) is 5.73 Å². The predicted octanol–water partition coefficient (Wildman–Crippen LogP) is 3.89. The number of anilines is 1. The Morgan fingerprint density at radius 3 is 2.44 bits per heavy atom. The van der Waals surface area contributed by atoms with Crippen LogP contribution in [0.1, 0.15) is 13.8 Å². The Balaban J connectivity index is 1.99. The smallest absolute Gasteiger partial charge is 0.233 e. The molecule has 0 aliphatic heterocycles. The van der Waals surface area contributed by atoms with Gasteiger partial charge in [0.2, 0.25) is 5.91 Å². The van der Waals surface area contributed by atoms with Crippen LogP contribution in [0.25, 0.3) is 22.4 Å². The third-order valence-electron chi connectivity index (χ3n) is 4.07. The average molecular weight is 382 g/mol. The molecule has 0 saturated carbocycles. The minimum absolute atomic E-state index is 0.277. The molecular weight excluding hydrogens is 363 g/mol. The summed E-state index contributed by atoms with van der Waals surface area (Å²) in [5, 5.41) is 0. The molecule has 0 unspecified atom stereocenters. The topological polar surface area (TPSA) is 94.9 Å². The first-order valence-corrected chi connectivity index (χ1v) is 9.05. The number of aromatic nitrogens is 2. The minimum Gasteiger partial charge on any atom is -0.382 e. The molecule has 0 bridgehead atoms. The summed E-state index contributed by atoms with van der Waals surface area (Å²) in [5.74, 6) is -0.551. The Bertz CT molecular complexity index is 990. The van der Waals surface area contributed by atoms with Crippen LogP contribution in [-0.4, -0.2) is 20.6 Å². The van der Waals surface area contributed by atoms with Gasteiger partial charge in [0.25, 0.3) is 0 Å². The maximum absolute atomic E-state index is 14.7. The van der Waals surface area contributed by atoms with Gasteiger partial charge in [-0.1, -0.05) is 24.3 Å². The van der Waals surface area contributed by atoms with Crippen molar-refractivity contribution < 1.29 is 9.18 Å². The summed E-state index contributed by atoms with van der Waals surface area (Å²) in [6.45, 7) is 3.53. The highest BCUT2D eigenvalue weighted by molar-refractivity contribution is 8.01. The summed E-state index contributed by atoms with van der Waals surface area (Å²) in [6.07, 6.45) is 2.83. The minimum atomic E-state index is -0.784. The maximum Gasteiger partial charge on any atom is 0.233 e. The van der Waals surface area contributed by atoms with Crippen molar-refractivity contribution in [2.24, 2.45) is 5.73 Å². The Kier molecular flexibility index (Phi) is 5.14. The van der Waals surface area contributed by atoms with Crippen molar-refractivity contribution in [3.05, 3.63) is 60.7 Å². The van der Waals surface area contributed by atoms with Gasteiger partial charge in [-0.2, -0.15) is 0 Å². The molecule has 0 saturated heterocycles. The first kappa shape index (κ1) is 18.8. The van der Waals surface area contributed by atoms with E-state index >= 15 is 0 Å². The van der Waals surface area contributed by atoms with Crippen molar-refractivity contribution in [3.63, 3.8) is 0 Å². The van der Waals surface area contributed by atoms with E-state index in [1.54, 1.807) is 19.9 Å². The van der Waals surface area contributed by atoms with Gasteiger partial charge in [0.05, 0.1) is 22.8 Å². The van der Waals surface area contributed by atoms with Crippen LogP contribution in [-0.2, 0) is 4.79 Å². The number of thioether (sulfide) groups is 1. The zero-order valence-corrected chi connectivity index (χ0v) is 15.8. The van der Waals surface area contributed by atoms with E-state index in [1.807, 2.05) is 30.3 Å². The fraction of sp³-hybridized carbons (Fsp3) is 0.150. The van der Waals surface area contributed by atoms with E-state index in [-0.39, 0.29) is 5.82 Å². The summed E-state index contributed by atoms with van der Waals surface area (Å²) in [5.41, 5.74) is 13.3. The Labute approximate surface area is 161 Å². The van der Waals surface area contributed by atoms with Gasteiger partial charge < -0.3 is 11.5 Å². The van der Waals surface area contributed by atoms with Crippen molar-refractivity contribution >= 4 is 23.5 Å². The molecule has 5 nitrogen and oxygen atoms in total. The lowest BCUT2D eigenvalue weighted by atomic mass is 10.0. The second-order valence-corrected chi connectivity index (χ2v) is 8.16. The molecule has 2 aromatic carbocycles. The van der Waals surface area contributed by atoms with Crippen LogP contribution in [0.4, 0.5) is 10.2 Å². The number of benzene rings is 2. The second-order valence-electron chi connectivity index (χ2n) is 6.49. The van der Waals surface area contributed by atoms with Gasteiger partial charge in [-0.3, -0.25) is 9.78 Å². The largest absolute Gasteiger partial charge is 0.382 e. The number of primary amides is 1.